The zero-order chi connectivity index (χ0) is 12.5. The lowest BCUT2D eigenvalue weighted by Gasteiger charge is -2.26. The number of aliphatic hydroxyl groups excluding tert-OH is 1. The molecule has 1 N–H and O–H groups in total. The van der Waals surface area contributed by atoms with Crippen molar-refractivity contribution in [1.82, 2.24) is 4.98 Å². The summed E-state index contributed by atoms with van der Waals surface area (Å²) in [7, 11) is 0. The van der Waals surface area contributed by atoms with E-state index in [1.165, 1.54) is 0 Å². The summed E-state index contributed by atoms with van der Waals surface area (Å²) < 4.78 is 42.0. The predicted octanol–water partition coefficient (Wildman–Crippen LogP) is 1.58. The Morgan fingerprint density at radius 2 is 2.06 bits per heavy atom. The standard InChI is InChI=1S/C9H11F3N2O2S/c10-9(11,12)7(15)6-5-13-8(17-6)14-1-3-16-4-2-14/h5,7,15H,1-4H2/t7-/m0/s1. The first-order chi connectivity index (χ1) is 7.98. The second-order valence-corrected chi connectivity index (χ2v) is 4.63. The number of morpholine rings is 1. The smallest absolute Gasteiger partial charge is 0.379 e. The Labute approximate surface area is 99.6 Å². The summed E-state index contributed by atoms with van der Waals surface area (Å²) in [6, 6.07) is 0. The topological polar surface area (TPSA) is 45.6 Å². The third-order valence-corrected chi connectivity index (χ3v) is 3.48. The molecule has 0 amide bonds. The number of hydrogen-bond acceptors (Lipinski definition) is 5. The van der Waals surface area contributed by atoms with Crippen molar-refractivity contribution in [1.29, 1.82) is 0 Å². The van der Waals surface area contributed by atoms with Crippen LogP contribution in [0.3, 0.4) is 0 Å². The Balaban J connectivity index is 2.10. The molecule has 0 unspecified atom stereocenters. The van der Waals surface area contributed by atoms with Crippen molar-refractivity contribution in [3.63, 3.8) is 0 Å². The van der Waals surface area contributed by atoms with Crippen LogP contribution in [0.15, 0.2) is 6.20 Å². The van der Waals surface area contributed by atoms with Crippen LogP contribution in [-0.2, 0) is 4.74 Å². The van der Waals surface area contributed by atoms with Crippen molar-refractivity contribution in [2.75, 3.05) is 31.2 Å². The summed E-state index contributed by atoms with van der Waals surface area (Å²) in [6.45, 7) is 2.29. The van der Waals surface area contributed by atoms with Gasteiger partial charge in [-0.05, 0) is 0 Å². The molecular formula is C9H11F3N2O2S. The Kier molecular flexibility index (Phi) is 3.55. The summed E-state index contributed by atoms with van der Waals surface area (Å²) in [5.41, 5.74) is 0. The summed E-state index contributed by atoms with van der Waals surface area (Å²) in [4.78, 5) is 5.57. The first-order valence-electron chi connectivity index (χ1n) is 5.01. The van der Waals surface area contributed by atoms with E-state index >= 15 is 0 Å². The van der Waals surface area contributed by atoms with Gasteiger partial charge in [0.15, 0.2) is 11.2 Å². The lowest BCUT2D eigenvalue weighted by Crippen LogP contribution is -2.36. The number of nitrogens with zero attached hydrogens (tertiary/aromatic N) is 2. The van der Waals surface area contributed by atoms with Gasteiger partial charge in [0.2, 0.25) is 0 Å². The highest BCUT2D eigenvalue weighted by Gasteiger charge is 2.40. The van der Waals surface area contributed by atoms with Gasteiger partial charge in [-0.3, -0.25) is 0 Å². The fraction of sp³-hybridized carbons (Fsp3) is 0.667. The van der Waals surface area contributed by atoms with Crippen LogP contribution < -0.4 is 4.90 Å². The molecule has 0 bridgehead atoms. The largest absolute Gasteiger partial charge is 0.419 e. The zero-order valence-electron chi connectivity index (χ0n) is 8.78. The lowest BCUT2D eigenvalue weighted by molar-refractivity contribution is -0.205. The SMILES string of the molecule is O[C@@H](c1cnc(N2CCOCC2)s1)C(F)(F)F. The van der Waals surface area contributed by atoms with Crippen molar-refractivity contribution >= 4 is 16.5 Å². The maximum absolute atomic E-state index is 12.3. The van der Waals surface area contributed by atoms with E-state index in [0.717, 1.165) is 17.5 Å². The zero-order valence-corrected chi connectivity index (χ0v) is 9.59. The van der Waals surface area contributed by atoms with Crippen LogP contribution in [0.5, 0.6) is 0 Å². The third-order valence-electron chi connectivity index (χ3n) is 2.37. The van der Waals surface area contributed by atoms with Gasteiger partial charge in [0, 0.05) is 19.3 Å². The molecule has 1 aromatic rings. The van der Waals surface area contributed by atoms with Gasteiger partial charge < -0.3 is 14.7 Å². The molecule has 17 heavy (non-hydrogen) atoms. The Bertz CT molecular complexity index is 377. The summed E-state index contributed by atoms with van der Waals surface area (Å²) in [6.07, 6.45) is -6.02. The molecule has 0 saturated carbocycles. The number of halogens is 3. The second kappa shape index (κ2) is 4.79. The van der Waals surface area contributed by atoms with E-state index in [2.05, 4.69) is 4.98 Å². The molecule has 0 aliphatic carbocycles. The molecule has 2 rings (SSSR count). The minimum absolute atomic E-state index is 0.181. The maximum Gasteiger partial charge on any atom is 0.419 e. The fourth-order valence-electron chi connectivity index (χ4n) is 1.47. The van der Waals surface area contributed by atoms with Gasteiger partial charge in [-0.2, -0.15) is 13.2 Å². The molecule has 0 radical (unpaired) electrons. The van der Waals surface area contributed by atoms with Crippen LogP contribution in [0, 0.1) is 0 Å². The number of hydrogen-bond donors (Lipinski definition) is 1. The molecule has 96 valence electrons. The van der Waals surface area contributed by atoms with E-state index in [-0.39, 0.29) is 4.88 Å². The number of rotatable bonds is 2. The highest BCUT2D eigenvalue weighted by atomic mass is 32.1. The van der Waals surface area contributed by atoms with Crippen molar-refractivity contribution in [3.8, 4) is 0 Å². The van der Waals surface area contributed by atoms with Crippen LogP contribution in [0.25, 0.3) is 0 Å². The monoisotopic (exact) mass is 268 g/mol. The van der Waals surface area contributed by atoms with Gasteiger partial charge in [0.25, 0.3) is 0 Å². The van der Waals surface area contributed by atoms with Crippen molar-refractivity contribution in [2.45, 2.75) is 12.3 Å². The van der Waals surface area contributed by atoms with E-state index in [4.69, 9.17) is 9.84 Å². The van der Waals surface area contributed by atoms with Crippen LogP contribution in [-0.4, -0.2) is 42.6 Å². The Morgan fingerprint density at radius 1 is 1.41 bits per heavy atom. The van der Waals surface area contributed by atoms with Crippen LogP contribution in [0.2, 0.25) is 0 Å². The lowest BCUT2D eigenvalue weighted by atomic mass is 10.3. The number of aromatic nitrogens is 1. The van der Waals surface area contributed by atoms with E-state index in [1.807, 2.05) is 4.90 Å². The summed E-state index contributed by atoms with van der Waals surface area (Å²) in [5, 5.41) is 9.56. The number of ether oxygens (including phenoxy) is 1. The molecule has 1 aliphatic rings. The first-order valence-corrected chi connectivity index (χ1v) is 5.83. The van der Waals surface area contributed by atoms with Crippen LogP contribution in [0.1, 0.15) is 11.0 Å². The van der Waals surface area contributed by atoms with Gasteiger partial charge in [0.05, 0.1) is 18.1 Å². The number of alkyl halides is 3. The van der Waals surface area contributed by atoms with Crippen molar-refractivity contribution in [3.05, 3.63) is 11.1 Å². The molecule has 4 nitrogen and oxygen atoms in total. The number of aliphatic hydroxyl groups is 1. The second-order valence-electron chi connectivity index (χ2n) is 3.59. The van der Waals surface area contributed by atoms with Gasteiger partial charge >= 0.3 is 6.18 Å². The van der Waals surface area contributed by atoms with Gasteiger partial charge in [-0.25, -0.2) is 4.98 Å². The van der Waals surface area contributed by atoms with E-state index in [0.29, 0.717) is 31.4 Å². The first kappa shape index (κ1) is 12.6. The molecule has 1 atom stereocenters. The molecule has 1 aliphatic heterocycles. The molecule has 2 heterocycles. The third kappa shape index (κ3) is 2.88. The maximum atomic E-state index is 12.3. The predicted molar refractivity (Wildman–Crippen MR) is 56.2 cm³/mol. The average Bonchev–Trinajstić information content (AvgIpc) is 2.77. The highest BCUT2D eigenvalue weighted by molar-refractivity contribution is 7.15. The minimum atomic E-state index is -4.64. The number of thiazole rings is 1. The van der Waals surface area contributed by atoms with Gasteiger partial charge in [0.1, 0.15) is 0 Å². The molecule has 8 heteroatoms. The minimum Gasteiger partial charge on any atom is -0.379 e. The summed E-state index contributed by atoms with van der Waals surface area (Å²) >= 11 is 0.864. The molecule has 0 spiro atoms. The van der Waals surface area contributed by atoms with Crippen molar-refractivity contribution in [2.24, 2.45) is 0 Å². The summed E-state index contributed by atoms with van der Waals surface area (Å²) in [5.74, 6) is 0. The van der Waals surface area contributed by atoms with Crippen molar-refractivity contribution < 1.29 is 23.0 Å². The van der Waals surface area contributed by atoms with E-state index in [9.17, 15) is 13.2 Å². The Morgan fingerprint density at radius 3 is 2.65 bits per heavy atom. The van der Waals surface area contributed by atoms with Crippen LogP contribution >= 0.6 is 11.3 Å². The quantitative estimate of drug-likeness (QED) is 0.884. The fourth-order valence-corrected chi connectivity index (χ4v) is 2.44. The van der Waals surface area contributed by atoms with E-state index in [1.54, 1.807) is 0 Å². The number of anilines is 1. The molecule has 1 aromatic heterocycles. The molecule has 1 fully saturated rings. The van der Waals surface area contributed by atoms with Gasteiger partial charge in [-0.15, -0.1) is 0 Å². The molecule has 1 saturated heterocycles. The normalized spacial score (nSPS) is 19.4. The average molecular weight is 268 g/mol. The highest BCUT2D eigenvalue weighted by Crippen LogP contribution is 2.37. The van der Waals surface area contributed by atoms with E-state index < -0.39 is 12.3 Å². The van der Waals surface area contributed by atoms with Crippen LogP contribution in [0.4, 0.5) is 18.3 Å². The Hall–Kier alpha value is -0.860. The van der Waals surface area contributed by atoms with Gasteiger partial charge in [-0.1, -0.05) is 11.3 Å². The molecular weight excluding hydrogens is 257 g/mol. The molecule has 0 aromatic carbocycles.